The number of ether oxygens (including phenoxy) is 1. The molecule has 0 aliphatic rings. The maximum absolute atomic E-state index is 10.4. The molecular formula is C11H15NO3. The van der Waals surface area contributed by atoms with Crippen molar-refractivity contribution in [1.82, 2.24) is 0 Å². The molecule has 0 unspecified atom stereocenters. The van der Waals surface area contributed by atoms with Crippen molar-refractivity contribution >= 4 is 11.7 Å². The molecule has 82 valence electrons. The summed E-state index contributed by atoms with van der Waals surface area (Å²) in [5.41, 5.74) is 2.81. The van der Waals surface area contributed by atoms with Crippen molar-refractivity contribution < 1.29 is 14.6 Å². The number of carboxylic acid groups (broad SMARTS) is 1. The summed E-state index contributed by atoms with van der Waals surface area (Å²) in [6.07, 6.45) is 0. The molecule has 0 aromatic heterocycles. The molecule has 2 N–H and O–H groups in total. The lowest BCUT2D eigenvalue weighted by atomic mass is 10.1. The molecule has 0 spiro atoms. The topological polar surface area (TPSA) is 58.6 Å². The van der Waals surface area contributed by atoms with Crippen LogP contribution in [0.4, 0.5) is 5.69 Å². The van der Waals surface area contributed by atoms with Crippen LogP contribution in [-0.2, 0) is 4.79 Å². The van der Waals surface area contributed by atoms with Crippen LogP contribution < -0.4 is 10.1 Å². The summed E-state index contributed by atoms with van der Waals surface area (Å²) in [7, 11) is 1.57. The van der Waals surface area contributed by atoms with Crippen molar-refractivity contribution in [2.45, 2.75) is 13.8 Å². The van der Waals surface area contributed by atoms with Crippen LogP contribution in [0.1, 0.15) is 11.1 Å². The molecule has 0 aliphatic heterocycles. The normalized spacial score (nSPS) is 9.80. The highest BCUT2D eigenvalue weighted by atomic mass is 16.5. The average Bonchev–Trinajstić information content (AvgIpc) is 2.14. The summed E-state index contributed by atoms with van der Waals surface area (Å²) in [6, 6.07) is 3.85. The van der Waals surface area contributed by atoms with E-state index in [0.29, 0.717) is 5.75 Å². The largest absolute Gasteiger partial charge is 0.495 e. The van der Waals surface area contributed by atoms with Crippen molar-refractivity contribution in [3.8, 4) is 5.75 Å². The van der Waals surface area contributed by atoms with Crippen molar-refractivity contribution in [2.24, 2.45) is 0 Å². The molecule has 1 aromatic rings. The lowest BCUT2D eigenvalue weighted by Gasteiger charge is -2.13. The summed E-state index contributed by atoms with van der Waals surface area (Å²) in [5.74, 6) is -0.217. The number of hydrogen-bond donors (Lipinski definition) is 2. The molecule has 4 nitrogen and oxygen atoms in total. The summed E-state index contributed by atoms with van der Waals surface area (Å²) in [6.45, 7) is 3.77. The predicted molar refractivity (Wildman–Crippen MR) is 58.6 cm³/mol. The fraction of sp³-hybridized carbons (Fsp3) is 0.364. The predicted octanol–water partition coefficient (Wildman–Crippen LogP) is 1.81. The average molecular weight is 209 g/mol. The van der Waals surface area contributed by atoms with Gasteiger partial charge in [-0.25, -0.2) is 0 Å². The number of nitrogens with one attached hydrogen (secondary N) is 1. The van der Waals surface area contributed by atoms with Crippen molar-refractivity contribution in [1.29, 1.82) is 0 Å². The second kappa shape index (κ2) is 4.68. The highest BCUT2D eigenvalue weighted by Crippen LogP contribution is 2.29. The Labute approximate surface area is 88.9 Å². The van der Waals surface area contributed by atoms with Gasteiger partial charge in [-0.3, -0.25) is 4.79 Å². The maximum Gasteiger partial charge on any atom is 0.322 e. The van der Waals surface area contributed by atoms with Gasteiger partial charge in [-0.2, -0.15) is 0 Å². The van der Waals surface area contributed by atoms with Gasteiger partial charge in [0, 0.05) is 0 Å². The number of aliphatic carboxylic acids is 1. The van der Waals surface area contributed by atoms with E-state index in [0.717, 1.165) is 16.8 Å². The number of carboxylic acids is 1. The quantitative estimate of drug-likeness (QED) is 0.794. The first-order valence-corrected chi connectivity index (χ1v) is 4.65. The van der Waals surface area contributed by atoms with Gasteiger partial charge in [0.25, 0.3) is 0 Å². The Morgan fingerprint density at radius 3 is 2.67 bits per heavy atom. The maximum atomic E-state index is 10.4. The number of methoxy groups -OCH3 is 1. The van der Waals surface area contributed by atoms with Crippen molar-refractivity contribution in [2.75, 3.05) is 19.0 Å². The van der Waals surface area contributed by atoms with Gasteiger partial charge in [0.15, 0.2) is 0 Å². The van der Waals surface area contributed by atoms with E-state index in [2.05, 4.69) is 5.32 Å². The van der Waals surface area contributed by atoms with Crippen molar-refractivity contribution in [3.63, 3.8) is 0 Å². The van der Waals surface area contributed by atoms with Gasteiger partial charge in [0.2, 0.25) is 0 Å². The van der Waals surface area contributed by atoms with Crippen LogP contribution in [-0.4, -0.2) is 24.7 Å². The zero-order valence-corrected chi connectivity index (χ0v) is 9.13. The van der Waals surface area contributed by atoms with Crippen LogP contribution in [0.3, 0.4) is 0 Å². The van der Waals surface area contributed by atoms with E-state index in [1.165, 1.54) is 0 Å². The fourth-order valence-corrected chi connectivity index (χ4v) is 1.48. The number of aryl methyl sites for hydroxylation is 2. The van der Waals surface area contributed by atoms with E-state index < -0.39 is 5.97 Å². The van der Waals surface area contributed by atoms with Crippen LogP contribution in [0.2, 0.25) is 0 Å². The first-order chi connectivity index (χ1) is 7.04. The lowest BCUT2D eigenvalue weighted by molar-refractivity contribution is -0.134. The smallest absolute Gasteiger partial charge is 0.322 e. The third-order valence-corrected chi connectivity index (χ3v) is 2.08. The second-order valence-corrected chi connectivity index (χ2v) is 3.41. The van der Waals surface area contributed by atoms with E-state index in [1.54, 1.807) is 7.11 Å². The summed E-state index contributed by atoms with van der Waals surface area (Å²) >= 11 is 0. The molecule has 1 rings (SSSR count). The van der Waals surface area contributed by atoms with E-state index in [9.17, 15) is 4.79 Å². The van der Waals surface area contributed by atoms with Crippen LogP contribution >= 0.6 is 0 Å². The van der Waals surface area contributed by atoms with Gasteiger partial charge < -0.3 is 15.2 Å². The SMILES string of the molecule is COc1cc(C)cc(C)c1NCC(=O)O. The highest BCUT2D eigenvalue weighted by Gasteiger charge is 2.08. The molecule has 4 heteroatoms. The van der Waals surface area contributed by atoms with Gasteiger partial charge in [-0.1, -0.05) is 6.07 Å². The molecule has 0 aliphatic carbocycles. The third-order valence-electron chi connectivity index (χ3n) is 2.08. The number of anilines is 1. The van der Waals surface area contributed by atoms with E-state index in [-0.39, 0.29) is 6.54 Å². The molecule has 0 saturated carbocycles. The van der Waals surface area contributed by atoms with Crippen LogP contribution in [0.25, 0.3) is 0 Å². The lowest BCUT2D eigenvalue weighted by Crippen LogP contribution is -2.13. The summed E-state index contributed by atoms with van der Waals surface area (Å²) < 4.78 is 5.18. The Bertz CT molecular complexity index is 374. The summed E-state index contributed by atoms with van der Waals surface area (Å²) in [4.78, 5) is 10.4. The molecule has 1 aromatic carbocycles. The minimum atomic E-state index is -0.892. The Morgan fingerprint density at radius 2 is 2.13 bits per heavy atom. The van der Waals surface area contributed by atoms with E-state index in [1.807, 2.05) is 26.0 Å². The van der Waals surface area contributed by atoms with Gasteiger partial charge in [-0.05, 0) is 31.0 Å². The zero-order chi connectivity index (χ0) is 11.4. The Morgan fingerprint density at radius 1 is 1.47 bits per heavy atom. The van der Waals surface area contributed by atoms with Gasteiger partial charge in [0.1, 0.15) is 12.3 Å². The zero-order valence-electron chi connectivity index (χ0n) is 9.13. The molecular weight excluding hydrogens is 194 g/mol. The molecule has 0 fully saturated rings. The second-order valence-electron chi connectivity index (χ2n) is 3.41. The van der Waals surface area contributed by atoms with Crippen LogP contribution in [0.15, 0.2) is 12.1 Å². The standard InChI is InChI=1S/C11H15NO3/c1-7-4-8(2)11(9(5-7)15-3)12-6-10(13)14/h4-5,12H,6H2,1-3H3,(H,13,14). The number of rotatable bonds is 4. The Kier molecular flexibility index (Phi) is 3.55. The molecule has 0 heterocycles. The molecule has 0 atom stereocenters. The highest BCUT2D eigenvalue weighted by molar-refractivity contribution is 5.75. The first-order valence-electron chi connectivity index (χ1n) is 4.65. The first kappa shape index (κ1) is 11.4. The van der Waals surface area contributed by atoms with Crippen molar-refractivity contribution in [3.05, 3.63) is 23.3 Å². The van der Waals surface area contributed by atoms with Crippen LogP contribution in [0.5, 0.6) is 5.75 Å². The summed E-state index contributed by atoms with van der Waals surface area (Å²) in [5, 5.41) is 11.4. The minimum Gasteiger partial charge on any atom is -0.495 e. The molecule has 0 amide bonds. The number of carbonyl (C=O) groups is 1. The van der Waals surface area contributed by atoms with E-state index >= 15 is 0 Å². The molecule has 0 bridgehead atoms. The molecule has 15 heavy (non-hydrogen) atoms. The van der Waals surface area contributed by atoms with Gasteiger partial charge in [-0.15, -0.1) is 0 Å². The fourth-order valence-electron chi connectivity index (χ4n) is 1.48. The molecule has 0 saturated heterocycles. The Hall–Kier alpha value is -1.71. The van der Waals surface area contributed by atoms with Crippen LogP contribution in [0, 0.1) is 13.8 Å². The molecule has 0 radical (unpaired) electrons. The minimum absolute atomic E-state index is 0.111. The Balaban J connectivity index is 2.98. The number of hydrogen-bond acceptors (Lipinski definition) is 3. The number of benzene rings is 1. The monoisotopic (exact) mass is 209 g/mol. The van der Waals surface area contributed by atoms with E-state index in [4.69, 9.17) is 9.84 Å². The third kappa shape index (κ3) is 2.87. The van der Waals surface area contributed by atoms with Gasteiger partial charge >= 0.3 is 5.97 Å². The van der Waals surface area contributed by atoms with Gasteiger partial charge in [0.05, 0.1) is 12.8 Å².